The molecule has 12 heavy (non-hydrogen) atoms. The molecule has 0 aliphatic carbocycles. The SMILES string of the molecule is CSc1ccc2c(c1Cl)CCN2. The van der Waals surface area contributed by atoms with Gasteiger partial charge in [-0.2, -0.15) is 0 Å². The lowest BCUT2D eigenvalue weighted by molar-refractivity contribution is 1.10. The van der Waals surface area contributed by atoms with Crippen molar-refractivity contribution >= 4 is 29.1 Å². The Morgan fingerprint density at radius 1 is 1.50 bits per heavy atom. The first kappa shape index (κ1) is 8.27. The molecule has 0 unspecified atom stereocenters. The van der Waals surface area contributed by atoms with Gasteiger partial charge in [0.2, 0.25) is 0 Å². The molecule has 0 atom stereocenters. The maximum absolute atomic E-state index is 6.19. The van der Waals surface area contributed by atoms with E-state index in [0.29, 0.717) is 0 Å². The summed E-state index contributed by atoms with van der Waals surface area (Å²) in [4.78, 5) is 1.18. The van der Waals surface area contributed by atoms with Crippen LogP contribution in [0.5, 0.6) is 0 Å². The first-order valence-corrected chi connectivity index (χ1v) is 5.52. The van der Waals surface area contributed by atoms with Gasteiger partial charge >= 0.3 is 0 Å². The summed E-state index contributed by atoms with van der Waals surface area (Å²) < 4.78 is 0. The average molecular weight is 200 g/mol. The molecule has 0 radical (unpaired) electrons. The average Bonchev–Trinajstić information content (AvgIpc) is 2.53. The van der Waals surface area contributed by atoms with Crippen LogP contribution in [0.1, 0.15) is 5.56 Å². The van der Waals surface area contributed by atoms with Crippen molar-refractivity contribution in [1.29, 1.82) is 0 Å². The smallest absolute Gasteiger partial charge is 0.0594 e. The third kappa shape index (κ3) is 1.19. The molecule has 1 aromatic rings. The Kier molecular flexibility index (Phi) is 2.20. The second-order valence-corrected chi connectivity index (χ2v) is 4.01. The first-order valence-electron chi connectivity index (χ1n) is 3.92. The molecule has 1 N–H and O–H groups in total. The number of benzene rings is 1. The lowest BCUT2D eigenvalue weighted by atomic mass is 10.2. The second kappa shape index (κ2) is 3.19. The highest BCUT2D eigenvalue weighted by Crippen LogP contribution is 2.35. The molecule has 1 nitrogen and oxygen atoms in total. The Labute approximate surface area is 81.5 Å². The van der Waals surface area contributed by atoms with Crippen molar-refractivity contribution in [2.24, 2.45) is 0 Å². The number of nitrogens with one attached hydrogen (secondary N) is 1. The fourth-order valence-electron chi connectivity index (χ4n) is 1.49. The van der Waals surface area contributed by atoms with E-state index in [2.05, 4.69) is 23.7 Å². The van der Waals surface area contributed by atoms with Crippen LogP contribution in [0.15, 0.2) is 17.0 Å². The summed E-state index contributed by atoms with van der Waals surface area (Å²) in [5, 5.41) is 4.23. The lowest BCUT2D eigenvalue weighted by Crippen LogP contribution is -1.90. The standard InChI is InChI=1S/C9H10ClNS/c1-12-8-3-2-7-6(9(8)10)4-5-11-7/h2-3,11H,4-5H2,1H3. The number of rotatable bonds is 1. The van der Waals surface area contributed by atoms with E-state index >= 15 is 0 Å². The molecule has 64 valence electrons. The number of hydrogen-bond acceptors (Lipinski definition) is 2. The van der Waals surface area contributed by atoms with E-state index in [0.717, 1.165) is 18.0 Å². The monoisotopic (exact) mass is 199 g/mol. The molecule has 1 aliphatic heterocycles. The Morgan fingerprint density at radius 2 is 2.33 bits per heavy atom. The fourth-order valence-corrected chi connectivity index (χ4v) is 2.49. The molecule has 0 saturated carbocycles. The zero-order chi connectivity index (χ0) is 8.55. The molecule has 0 aromatic heterocycles. The van der Waals surface area contributed by atoms with Gasteiger partial charge in [-0.3, -0.25) is 0 Å². The largest absolute Gasteiger partial charge is 0.384 e. The molecule has 0 saturated heterocycles. The van der Waals surface area contributed by atoms with E-state index in [4.69, 9.17) is 11.6 Å². The summed E-state index contributed by atoms with van der Waals surface area (Å²) >= 11 is 7.90. The van der Waals surface area contributed by atoms with Gasteiger partial charge in [-0.25, -0.2) is 0 Å². The molecular formula is C9H10ClNS. The van der Waals surface area contributed by atoms with Crippen LogP contribution in [0.2, 0.25) is 5.02 Å². The van der Waals surface area contributed by atoms with Crippen LogP contribution in [0.25, 0.3) is 0 Å². The van der Waals surface area contributed by atoms with Gasteiger partial charge in [0.1, 0.15) is 0 Å². The van der Waals surface area contributed by atoms with E-state index in [1.807, 2.05) is 0 Å². The molecule has 0 bridgehead atoms. The third-order valence-corrected chi connectivity index (χ3v) is 3.44. The zero-order valence-electron chi connectivity index (χ0n) is 6.86. The van der Waals surface area contributed by atoms with Crippen LogP contribution in [0.3, 0.4) is 0 Å². The zero-order valence-corrected chi connectivity index (χ0v) is 8.43. The summed E-state index contributed by atoms with van der Waals surface area (Å²) in [6, 6.07) is 4.18. The number of hydrogen-bond donors (Lipinski definition) is 1. The van der Waals surface area contributed by atoms with Gasteiger partial charge in [-0.15, -0.1) is 11.8 Å². The van der Waals surface area contributed by atoms with Crippen LogP contribution in [-0.2, 0) is 6.42 Å². The van der Waals surface area contributed by atoms with E-state index < -0.39 is 0 Å². The maximum Gasteiger partial charge on any atom is 0.0594 e. The summed E-state index contributed by atoms with van der Waals surface area (Å²) in [6.07, 6.45) is 3.11. The van der Waals surface area contributed by atoms with Crippen molar-refractivity contribution < 1.29 is 0 Å². The molecule has 1 heterocycles. The number of fused-ring (bicyclic) bond motifs is 1. The Morgan fingerprint density at radius 3 is 3.08 bits per heavy atom. The molecule has 0 fully saturated rings. The number of thioether (sulfide) groups is 1. The van der Waals surface area contributed by atoms with Gasteiger partial charge in [-0.05, 0) is 30.4 Å². The minimum atomic E-state index is 0.935. The molecule has 1 aliphatic rings. The van der Waals surface area contributed by atoms with Crippen molar-refractivity contribution in [1.82, 2.24) is 0 Å². The minimum Gasteiger partial charge on any atom is -0.384 e. The first-order chi connectivity index (χ1) is 5.83. The van der Waals surface area contributed by atoms with Crippen LogP contribution < -0.4 is 5.32 Å². The maximum atomic E-state index is 6.19. The van der Waals surface area contributed by atoms with Gasteiger partial charge in [0, 0.05) is 17.1 Å². The van der Waals surface area contributed by atoms with Crippen LogP contribution in [0, 0.1) is 0 Å². The Bertz CT molecular complexity index is 312. The van der Waals surface area contributed by atoms with Crippen molar-refractivity contribution in [2.45, 2.75) is 11.3 Å². The highest BCUT2D eigenvalue weighted by molar-refractivity contribution is 7.98. The van der Waals surface area contributed by atoms with Crippen LogP contribution >= 0.6 is 23.4 Å². The summed E-state index contributed by atoms with van der Waals surface area (Å²) in [7, 11) is 0. The lowest BCUT2D eigenvalue weighted by Gasteiger charge is -2.05. The quantitative estimate of drug-likeness (QED) is 0.698. The Hall–Kier alpha value is -0.340. The molecule has 1 aromatic carbocycles. The highest BCUT2D eigenvalue weighted by Gasteiger charge is 2.15. The van der Waals surface area contributed by atoms with E-state index in [1.54, 1.807) is 11.8 Å². The third-order valence-electron chi connectivity index (χ3n) is 2.12. The van der Waals surface area contributed by atoms with Crippen LogP contribution in [-0.4, -0.2) is 12.8 Å². The predicted octanol–water partition coefficient (Wildman–Crippen LogP) is 3.03. The molecule has 0 spiro atoms. The summed E-state index contributed by atoms with van der Waals surface area (Å²) in [6.45, 7) is 1.02. The van der Waals surface area contributed by atoms with Gasteiger partial charge < -0.3 is 5.32 Å². The van der Waals surface area contributed by atoms with E-state index in [1.165, 1.54) is 16.1 Å². The van der Waals surface area contributed by atoms with Crippen molar-refractivity contribution in [3.8, 4) is 0 Å². The number of halogens is 1. The molecule has 3 heteroatoms. The Balaban J connectivity index is 2.54. The van der Waals surface area contributed by atoms with Crippen LogP contribution in [0.4, 0.5) is 5.69 Å². The van der Waals surface area contributed by atoms with E-state index in [-0.39, 0.29) is 0 Å². The molecule has 2 rings (SSSR count). The molecular weight excluding hydrogens is 190 g/mol. The topological polar surface area (TPSA) is 12.0 Å². The van der Waals surface area contributed by atoms with Crippen molar-refractivity contribution in [3.05, 3.63) is 22.7 Å². The van der Waals surface area contributed by atoms with Gasteiger partial charge in [-0.1, -0.05) is 11.6 Å². The summed E-state index contributed by atoms with van der Waals surface area (Å²) in [5.41, 5.74) is 2.49. The minimum absolute atomic E-state index is 0.935. The highest BCUT2D eigenvalue weighted by atomic mass is 35.5. The predicted molar refractivity (Wildman–Crippen MR) is 55.4 cm³/mol. The fraction of sp³-hybridized carbons (Fsp3) is 0.333. The van der Waals surface area contributed by atoms with Gasteiger partial charge in [0.25, 0.3) is 0 Å². The van der Waals surface area contributed by atoms with E-state index in [9.17, 15) is 0 Å². The summed E-state index contributed by atoms with van der Waals surface area (Å²) in [5.74, 6) is 0. The molecule has 0 amide bonds. The van der Waals surface area contributed by atoms with Crippen molar-refractivity contribution in [2.75, 3.05) is 18.1 Å². The van der Waals surface area contributed by atoms with Crippen molar-refractivity contribution in [3.63, 3.8) is 0 Å². The van der Waals surface area contributed by atoms with Gasteiger partial charge in [0.05, 0.1) is 5.02 Å². The van der Waals surface area contributed by atoms with Gasteiger partial charge in [0.15, 0.2) is 0 Å². The normalized spacial score (nSPS) is 14.2. The number of anilines is 1. The second-order valence-electron chi connectivity index (χ2n) is 2.78.